The van der Waals surface area contributed by atoms with Gasteiger partial charge in [-0.25, -0.2) is 17.9 Å². The van der Waals surface area contributed by atoms with Crippen molar-refractivity contribution in [3.63, 3.8) is 0 Å². The minimum atomic E-state index is -3.70. The van der Waals surface area contributed by atoms with Crippen LogP contribution in [0.25, 0.3) is 0 Å². The third kappa shape index (κ3) is 5.57. The molecule has 2 heterocycles. The summed E-state index contributed by atoms with van der Waals surface area (Å²) in [6.07, 6.45) is 3.21. The number of nitrogens with one attached hydrogen (secondary N) is 1. The highest BCUT2D eigenvalue weighted by Crippen LogP contribution is 2.33. The smallest absolute Gasteiger partial charge is 0.348 e. The van der Waals surface area contributed by atoms with E-state index in [0.29, 0.717) is 13.0 Å². The molecule has 2 N–H and O–H groups in total. The fourth-order valence-corrected chi connectivity index (χ4v) is 4.00. The molecule has 156 valence electrons. The minimum Gasteiger partial charge on any atom is -0.485 e. The van der Waals surface area contributed by atoms with Gasteiger partial charge in [0.15, 0.2) is 17.8 Å². The first-order valence-electron chi connectivity index (χ1n) is 9.35. The Bertz CT molecular complexity index is 776. The van der Waals surface area contributed by atoms with Gasteiger partial charge in [-0.3, -0.25) is 0 Å². The Morgan fingerprint density at radius 2 is 2.11 bits per heavy atom. The van der Waals surface area contributed by atoms with E-state index in [1.807, 2.05) is 0 Å². The number of carbonyl (C=O) groups is 1. The minimum absolute atomic E-state index is 0.0375. The second kappa shape index (κ2) is 9.55. The molecule has 1 saturated heterocycles. The highest BCUT2D eigenvalue weighted by atomic mass is 32.2. The number of carboxylic acids is 1. The molecule has 2 unspecified atom stereocenters. The van der Waals surface area contributed by atoms with Crippen LogP contribution < -0.4 is 14.2 Å². The summed E-state index contributed by atoms with van der Waals surface area (Å²) in [4.78, 5) is 11.0. The van der Waals surface area contributed by atoms with Crippen molar-refractivity contribution in [3.05, 3.63) is 18.2 Å². The van der Waals surface area contributed by atoms with Crippen LogP contribution in [0.5, 0.6) is 11.5 Å². The van der Waals surface area contributed by atoms with Crippen LogP contribution in [0.15, 0.2) is 23.1 Å². The standard InChI is InChI=1S/C18H25NO8S/c20-18(21)16-12-26-15-11-13(6-7-14(15)27-16)28(22,23)19-8-2-4-10-25-17-5-1-3-9-24-17/h6-7,11,16-17,19H,1-5,8-10,12H2,(H,20,21). The Hall–Kier alpha value is -1.88. The zero-order valence-electron chi connectivity index (χ0n) is 15.5. The Kier molecular flexibility index (Phi) is 7.11. The highest BCUT2D eigenvalue weighted by Gasteiger charge is 2.28. The van der Waals surface area contributed by atoms with Crippen LogP contribution in [-0.2, 0) is 24.3 Å². The zero-order valence-corrected chi connectivity index (χ0v) is 16.3. The maximum Gasteiger partial charge on any atom is 0.348 e. The topological polar surface area (TPSA) is 120 Å². The molecule has 0 bridgehead atoms. The molecule has 1 fully saturated rings. The van der Waals surface area contributed by atoms with Crippen LogP contribution in [-0.4, -0.2) is 58.3 Å². The average molecular weight is 415 g/mol. The van der Waals surface area contributed by atoms with Crippen molar-refractivity contribution < 1.29 is 37.3 Å². The molecule has 0 spiro atoms. The van der Waals surface area contributed by atoms with E-state index in [1.54, 1.807) is 0 Å². The molecule has 1 aromatic carbocycles. The molecule has 0 aliphatic carbocycles. The largest absolute Gasteiger partial charge is 0.485 e. The number of fused-ring (bicyclic) bond motifs is 1. The maximum absolute atomic E-state index is 12.4. The zero-order chi connectivity index (χ0) is 20.0. The molecule has 3 rings (SSSR count). The number of ether oxygens (including phenoxy) is 4. The first-order chi connectivity index (χ1) is 13.5. The van der Waals surface area contributed by atoms with E-state index in [1.165, 1.54) is 18.2 Å². The second-order valence-corrected chi connectivity index (χ2v) is 8.40. The summed E-state index contributed by atoms with van der Waals surface area (Å²) in [7, 11) is -3.70. The van der Waals surface area contributed by atoms with Gasteiger partial charge in [0, 0.05) is 25.8 Å². The molecule has 28 heavy (non-hydrogen) atoms. The number of carboxylic acid groups (broad SMARTS) is 1. The Balaban J connectivity index is 1.43. The first-order valence-corrected chi connectivity index (χ1v) is 10.8. The van der Waals surface area contributed by atoms with Crippen molar-refractivity contribution in [2.75, 3.05) is 26.4 Å². The summed E-state index contributed by atoms with van der Waals surface area (Å²) in [6, 6.07) is 4.09. The lowest BCUT2D eigenvalue weighted by atomic mass is 10.2. The SMILES string of the molecule is O=C(O)C1COc2cc(S(=O)(=O)NCCCCOC3CCCCO3)ccc2O1. The van der Waals surface area contributed by atoms with E-state index in [0.717, 1.165) is 32.3 Å². The van der Waals surface area contributed by atoms with E-state index in [4.69, 9.17) is 24.1 Å². The average Bonchev–Trinajstić information content (AvgIpc) is 2.70. The van der Waals surface area contributed by atoms with Crippen molar-refractivity contribution in [3.8, 4) is 11.5 Å². The number of sulfonamides is 1. The highest BCUT2D eigenvalue weighted by molar-refractivity contribution is 7.89. The van der Waals surface area contributed by atoms with Crippen LogP contribution in [0.4, 0.5) is 0 Å². The van der Waals surface area contributed by atoms with Crippen molar-refractivity contribution in [1.29, 1.82) is 0 Å². The van der Waals surface area contributed by atoms with Gasteiger partial charge in [0.25, 0.3) is 0 Å². The number of unbranched alkanes of at least 4 members (excludes halogenated alkanes) is 1. The molecular formula is C18H25NO8S. The fraction of sp³-hybridized carbons (Fsp3) is 0.611. The van der Waals surface area contributed by atoms with Crippen LogP contribution in [0, 0.1) is 0 Å². The Morgan fingerprint density at radius 3 is 2.86 bits per heavy atom. The van der Waals surface area contributed by atoms with Crippen molar-refractivity contribution in [2.24, 2.45) is 0 Å². The van der Waals surface area contributed by atoms with Gasteiger partial charge in [-0.1, -0.05) is 0 Å². The van der Waals surface area contributed by atoms with Crippen LogP contribution >= 0.6 is 0 Å². The first kappa shape index (κ1) is 20.8. The van der Waals surface area contributed by atoms with Gasteiger partial charge >= 0.3 is 5.97 Å². The van der Waals surface area contributed by atoms with Crippen molar-refractivity contribution in [2.45, 2.75) is 49.4 Å². The van der Waals surface area contributed by atoms with Crippen LogP contribution in [0.2, 0.25) is 0 Å². The normalized spacial score (nSPS) is 22.0. The van der Waals surface area contributed by atoms with E-state index in [9.17, 15) is 13.2 Å². The molecule has 0 amide bonds. The lowest BCUT2D eigenvalue weighted by molar-refractivity contribution is -0.162. The Labute approximate surface area is 164 Å². The monoisotopic (exact) mass is 415 g/mol. The summed E-state index contributed by atoms with van der Waals surface area (Å²) in [5, 5.41) is 8.95. The van der Waals surface area contributed by atoms with E-state index in [-0.39, 0.29) is 35.8 Å². The predicted octanol–water partition coefficient (Wildman–Crippen LogP) is 1.51. The second-order valence-electron chi connectivity index (χ2n) is 6.64. The van der Waals surface area contributed by atoms with E-state index in [2.05, 4.69) is 4.72 Å². The van der Waals surface area contributed by atoms with E-state index >= 15 is 0 Å². The molecule has 0 saturated carbocycles. The molecule has 2 aliphatic heterocycles. The van der Waals surface area contributed by atoms with Crippen molar-refractivity contribution >= 4 is 16.0 Å². The van der Waals surface area contributed by atoms with Gasteiger partial charge in [-0.15, -0.1) is 0 Å². The van der Waals surface area contributed by atoms with Gasteiger partial charge < -0.3 is 24.1 Å². The van der Waals surface area contributed by atoms with Gasteiger partial charge in [-0.05, 0) is 44.2 Å². The van der Waals surface area contributed by atoms with Crippen LogP contribution in [0.1, 0.15) is 32.1 Å². The lowest BCUT2D eigenvalue weighted by Crippen LogP contribution is -2.36. The molecule has 0 radical (unpaired) electrons. The molecule has 10 heteroatoms. The van der Waals surface area contributed by atoms with Gasteiger partial charge in [0.05, 0.1) is 4.90 Å². The van der Waals surface area contributed by atoms with Gasteiger partial charge in [0.2, 0.25) is 16.1 Å². The number of aliphatic carboxylic acids is 1. The van der Waals surface area contributed by atoms with Gasteiger partial charge in [0.1, 0.15) is 6.61 Å². The number of hydrogen-bond acceptors (Lipinski definition) is 7. The summed E-state index contributed by atoms with van der Waals surface area (Å²) in [5.41, 5.74) is 0. The van der Waals surface area contributed by atoms with Crippen LogP contribution in [0.3, 0.4) is 0 Å². The molecular weight excluding hydrogens is 390 g/mol. The lowest BCUT2D eigenvalue weighted by Gasteiger charge is -2.24. The Morgan fingerprint density at radius 1 is 1.25 bits per heavy atom. The summed E-state index contributed by atoms with van der Waals surface area (Å²) >= 11 is 0. The number of hydrogen-bond donors (Lipinski definition) is 2. The summed E-state index contributed by atoms with van der Waals surface area (Å²) in [5.74, 6) is -0.719. The molecule has 2 atom stereocenters. The fourth-order valence-electron chi connectivity index (χ4n) is 2.91. The predicted molar refractivity (Wildman–Crippen MR) is 98.0 cm³/mol. The summed E-state index contributed by atoms with van der Waals surface area (Å²) in [6.45, 7) is 1.37. The number of benzene rings is 1. The maximum atomic E-state index is 12.4. The quantitative estimate of drug-likeness (QED) is 0.583. The molecule has 1 aromatic rings. The molecule has 9 nitrogen and oxygen atoms in total. The molecule has 0 aromatic heterocycles. The van der Waals surface area contributed by atoms with Gasteiger partial charge in [-0.2, -0.15) is 0 Å². The third-order valence-electron chi connectivity index (χ3n) is 4.47. The number of rotatable bonds is 9. The van der Waals surface area contributed by atoms with Crippen molar-refractivity contribution in [1.82, 2.24) is 4.72 Å². The summed E-state index contributed by atoms with van der Waals surface area (Å²) < 4.78 is 49.1. The molecule has 2 aliphatic rings. The third-order valence-corrected chi connectivity index (χ3v) is 5.92. The van der Waals surface area contributed by atoms with E-state index < -0.39 is 22.1 Å².